The fraction of sp³-hybridized carbons (Fsp3) is 0.652. The average Bonchev–Trinajstić information content (AvgIpc) is 3.12. The van der Waals surface area contributed by atoms with Crippen LogP contribution in [0.1, 0.15) is 60.2 Å². The lowest BCUT2D eigenvalue weighted by Gasteiger charge is -2.34. The first-order valence-corrected chi connectivity index (χ1v) is 10.8. The second kappa shape index (κ2) is 10.3. The van der Waals surface area contributed by atoms with Gasteiger partial charge < -0.3 is 9.26 Å². The molecule has 0 aliphatic carbocycles. The lowest BCUT2D eigenvalue weighted by atomic mass is 9.96. The summed E-state index contributed by atoms with van der Waals surface area (Å²) in [5.41, 5.74) is 5.58. The van der Waals surface area contributed by atoms with Crippen molar-refractivity contribution in [3.63, 3.8) is 0 Å². The molecule has 1 aromatic heterocycles. The largest absolute Gasteiger partial charge is 0.384 e. The Hall–Kier alpha value is -1.76. The molecule has 0 bridgehead atoms. The third-order valence-electron chi connectivity index (χ3n) is 5.97. The summed E-state index contributed by atoms with van der Waals surface area (Å²) in [6.45, 7) is 11.2. The van der Waals surface area contributed by atoms with Crippen LogP contribution in [0.3, 0.4) is 0 Å². The number of hydrogen-bond acceptors (Lipinski definition) is 6. The maximum absolute atomic E-state index is 5.40. The van der Waals surface area contributed by atoms with Crippen LogP contribution in [-0.2, 0) is 30.8 Å². The van der Waals surface area contributed by atoms with Crippen molar-refractivity contribution in [2.24, 2.45) is 0 Å². The Balaban J connectivity index is 1.65. The van der Waals surface area contributed by atoms with Crippen molar-refractivity contribution in [1.82, 2.24) is 19.9 Å². The van der Waals surface area contributed by atoms with Crippen LogP contribution in [0.25, 0.3) is 0 Å². The van der Waals surface area contributed by atoms with Crippen molar-refractivity contribution in [3.05, 3.63) is 46.1 Å². The maximum atomic E-state index is 5.40. The van der Waals surface area contributed by atoms with E-state index in [0.29, 0.717) is 37.3 Å². The van der Waals surface area contributed by atoms with Gasteiger partial charge in [0, 0.05) is 32.7 Å². The molecule has 0 radical (unpaired) electrons. The lowest BCUT2D eigenvalue weighted by Crippen LogP contribution is -2.37. The topological polar surface area (TPSA) is 54.6 Å². The molecule has 29 heavy (non-hydrogen) atoms. The molecule has 1 atom stereocenters. The lowest BCUT2D eigenvalue weighted by molar-refractivity contribution is 0.152. The number of methoxy groups -OCH3 is 1. The molecule has 2 heterocycles. The standard InChI is InChI=1S/C23H36N4O2/c1-17-12-20(14-26(4)16-23-24-22(25-29-23)9-11-28-5)19(3)21(13-17)15-27-10-7-6-8-18(27)2/h12-13,18H,6-11,14-16H2,1-5H3. The van der Waals surface area contributed by atoms with Gasteiger partial charge in [-0.05, 0) is 63.9 Å². The molecular formula is C23H36N4O2. The van der Waals surface area contributed by atoms with Gasteiger partial charge in [-0.15, -0.1) is 0 Å². The molecule has 1 unspecified atom stereocenters. The van der Waals surface area contributed by atoms with Crippen LogP contribution in [-0.4, -0.2) is 53.3 Å². The summed E-state index contributed by atoms with van der Waals surface area (Å²) < 4.78 is 10.5. The molecule has 6 heteroatoms. The van der Waals surface area contributed by atoms with Crippen LogP contribution < -0.4 is 0 Å². The van der Waals surface area contributed by atoms with Crippen molar-refractivity contribution in [2.75, 3.05) is 27.3 Å². The predicted octanol–water partition coefficient (Wildman–Crippen LogP) is 3.88. The number of nitrogens with zero attached hydrogens (tertiary/aromatic N) is 4. The minimum Gasteiger partial charge on any atom is -0.384 e. The van der Waals surface area contributed by atoms with Crippen LogP contribution in [0.5, 0.6) is 0 Å². The molecule has 160 valence electrons. The molecule has 0 N–H and O–H groups in total. The SMILES string of the molecule is COCCc1noc(CN(C)Cc2cc(C)cc(CN3CCCCC3C)c2C)n1. The number of hydrogen-bond donors (Lipinski definition) is 0. The number of aromatic nitrogens is 2. The summed E-state index contributed by atoms with van der Waals surface area (Å²) >= 11 is 0. The van der Waals surface area contributed by atoms with Gasteiger partial charge in [-0.2, -0.15) is 4.98 Å². The molecule has 2 aromatic rings. The van der Waals surface area contributed by atoms with Crippen molar-refractivity contribution in [1.29, 1.82) is 0 Å². The number of likely N-dealkylation sites (tertiary alicyclic amines) is 1. The van der Waals surface area contributed by atoms with Crippen LogP contribution in [0.15, 0.2) is 16.7 Å². The first kappa shape index (κ1) is 21.9. The smallest absolute Gasteiger partial charge is 0.240 e. The van der Waals surface area contributed by atoms with E-state index in [4.69, 9.17) is 9.26 Å². The van der Waals surface area contributed by atoms with Gasteiger partial charge in [0.1, 0.15) is 0 Å². The third-order valence-corrected chi connectivity index (χ3v) is 5.97. The number of piperidine rings is 1. The molecule has 0 amide bonds. The summed E-state index contributed by atoms with van der Waals surface area (Å²) in [5.74, 6) is 1.37. The van der Waals surface area contributed by atoms with Crippen molar-refractivity contribution in [3.8, 4) is 0 Å². The van der Waals surface area contributed by atoms with Gasteiger partial charge in [0.05, 0.1) is 13.2 Å². The number of benzene rings is 1. The van der Waals surface area contributed by atoms with Crippen LogP contribution in [0.2, 0.25) is 0 Å². The van der Waals surface area contributed by atoms with E-state index in [2.05, 4.69) is 59.9 Å². The summed E-state index contributed by atoms with van der Waals surface area (Å²) in [5, 5.41) is 4.03. The Morgan fingerprint density at radius 2 is 2.00 bits per heavy atom. The molecule has 6 nitrogen and oxygen atoms in total. The Kier molecular flexibility index (Phi) is 7.81. The fourth-order valence-electron chi connectivity index (χ4n) is 4.18. The third kappa shape index (κ3) is 6.11. The van der Waals surface area contributed by atoms with Crippen LogP contribution in [0.4, 0.5) is 0 Å². The first-order chi connectivity index (χ1) is 14.0. The maximum Gasteiger partial charge on any atom is 0.240 e. The Bertz CT molecular complexity index is 789. The summed E-state index contributed by atoms with van der Waals surface area (Å²) in [4.78, 5) is 9.34. The van der Waals surface area contributed by atoms with Gasteiger partial charge in [0.25, 0.3) is 0 Å². The monoisotopic (exact) mass is 400 g/mol. The second-order valence-corrected chi connectivity index (χ2v) is 8.54. The summed E-state index contributed by atoms with van der Waals surface area (Å²) in [6, 6.07) is 5.35. The molecule has 1 fully saturated rings. The van der Waals surface area contributed by atoms with Crippen molar-refractivity contribution >= 4 is 0 Å². The van der Waals surface area contributed by atoms with Gasteiger partial charge >= 0.3 is 0 Å². The van der Waals surface area contributed by atoms with Crippen LogP contribution >= 0.6 is 0 Å². The summed E-state index contributed by atoms with van der Waals surface area (Å²) in [6.07, 6.45) is 4.68. The molecule has 1 aromatic carbocycles. The zero-order chi connectivity index (χ0) is 20.8. The van der Waals surface area contributed by atoms with Crippen molar-refractivity contribution < 1.29 is 9.26 Å². The van der Waals surface area contributed by atoms with Crippen LogP contribution in [0, 0.1) is 13.8 Å². The average molecular weight is 401 g/mol. The molecule has 3 rings (SSSR count). The van der Waals surface area contributed by atoms with E-state index in [9.17, 15) is 0 Å². The van der Waals surface area contributed by atoms with Gasteiger partial charge in [-0.25, -0.2) is 0 Å². The highest BCUT2D eigenvalue weighted by Crippen LogP contribution is 2.24. The minimum absolute atomic E-state index is 0.607. The highest BCUT2D eigenvalue weighted by atomic mass is 16.5. The van der Waals surface area contributed by atoms with E-state index < -0.39 is 0 Å². The summed E-state index contributed by atoms with van der Waals surface area (Å²) in [7, 11) is 3.78. The predicted molar refractivity (Wildman–Crippen MR) is 115 cm³/mol. The first-order valence-electron chi connectivity index (χ1n) is 10.8. The number of aryl methyl sites for hydroxylation is 1. The van der Waals surface area contributed by atoms with E-state index in [0.717, 1.165) is 13.1 Å². The van der Waals surface area contributed by atoms with Gasteiger partial charge in [0.15, 0.2) is 5.82 Å². The molecule has 0 saturated carbocycles. The van der Waals surface area contributed by atoms with E-state index >= 15 is 0 Å². The highest BCUT2D eigenvalue weighted by Gasteiger charge is 2.20. The Labute approximate surface area is 175 Å². The zero-order valence-corrected chi connectivity index (χ0v) is 18.7. The van der Waals surface area contributed by atoms with E-state index in [-0.39, 0.29) is 0 Å². The molecule has 1 saturated heterocycles. The molecule has 0 spiro atoms. The Morgan fingerprint density at radius 3 is 2.76 bits per heavy atom. The number of rotatable bonds is 9. The van der Waals surface area contributed by atoms with E-state index in [1.165, 1.54) is 48.1 Å². The normalized spacial score (nSPS) is 17.9. The number of ether oxygens (including phenoxy) is 1. The highest BCUT2D eigenvalue weighted by molar-refractivity contribution is 5.38. The van der Waals surface area contributed by atoms with Gasteiger partial charge in [-0.1, -0.05) is 29.3 Å². The molecule has 1 aliphatic heterocycles. The van der Waals surface area contributed by atoms with Gasteiger partial charge in [0.2, 0.25) is 5.89 Å². The van der Waals surface area contributed by atoms with E-state index in [1.54, 1.807) is 7.11 Å². The molecular weight excluding hydrogens is 364 g/mol. The van der Waals surface area contributed by atoms with Gasteiger partial charge in [-0.3, -0.25) is 9.80 Å². The Morgan fingerprint density at radius 1 is 1.21 bits per heavy atom. The van der Waals surface area contributed by atoms with E-state index in [1.807, 2.05) is 0 Å². The minimum atomic E-state index is 0.607. The molecule has 1 aliphatic rings. The van der Waals surface area contributed by atoms with Crippen molar-refractivity contribution in [2.45, 2.75) is 72.1 Å². The quantitative estimate of drug-likeness (QED) is 0.637. The fourth-order valence-corrected chi connectivity index (χ4v) is 4.18. The second-order valence-electron chi connectivity index (χ2n) is 8.54. The zero-order valence-electron chi connectivity index (χ0n) is 18.7.